The number of methoxy groups -OCH3 is 3. The summed E-state index contributed by atoms with van der Waals surface area (Å²) in [6, 6.07) is 5.51. The summed E-state index contributed by atoms with van der Waals surface area (Å²) < 4.78 is 15.6. The molecule has 0 aliphatic rings. The van der Waals surface area contributed by atoms with Gasteiger partial charge in [0.05, 0.1) is 26.9 Å². The lowest BCUT2D eigenvalue weighted by atomic mass is 10.1. The van der Waals surface area contributed by atoms with Gasteiger partial charge in [-0.15, -0.1) is 0 Å². The van der Waals surface area contributed by atoms with Crippen LogP contribution in [0.2, 0.25) is 0 Å². The highest BCUT2D eigenvalue weighted by atomic mass is 16.5. The van der Waals surface area contributed by atoms with Gasteiger partial charge >= 0.3 is 0 Å². The molecule has 0 bridgehead atoms. The summed E-state index contributed by atoms with van der Waals surface area (Å²) >= 11 is 0. The van der Waals surface area contributed by atoms with Crippen LogP contribution in [0.15, 0.2) is 24.3 Å². The Morgan fingerprint density at radius 1 is 1.27 bits per heavy atom. The molecule has 0 aliphatic heterocycles. The van der Waals surface area contributed by atoms with E-state index in [1.807, 2.05) is 26.0 Å². The van der Waals surface area contributed by atoms with E-state index in [4.69, 9.17) is 14.2 Å². The lowest BCUT2D eigenvalue weighted by Gasteiger charge is -2.26. The second-order valence-corrected chi connectivity index (χ2v) is 4.87. The maximum absolute atomic E-state index is 12.3. The van der Waals surface area contributed by atoms with Gasteiger partial charge in [0.1, 0.15) is 11.5 Å². The molecule has 1 atom stereocenters. The zero-order valence-corrected chi connectivity index (χ0v) is 14.0. The fourth-order valence-electron chi connectivity index (χ4n) is 2.23. The average Bonchev–Trinajstić information content (AvgIpc) is 2.53. The Hall–Kier alpha value is -2.01. The highest BCUT2D eigenvalue weighted by Crippen LogP contribution is 2.25. The Morgan fingerprint density at radius 3 is 2.55 bits per heavy atom. The minimum Gasteiger partial charge on any atom is -0.497 e. The predicted octanol–water partition coefficient (Wildman–Crippen LogP) is 2.60. The lowest BCUT2D eigenvalue weighted by molar-refractivity contribution is -0.128. The number of ether oxygens (including phenoxy) is 3. The van der Waals surface area contributed by atoms with Gasteiger partial charge in [0.2, 0.25) is 5.91 Å². The molecular formula is C17H25NO4. The third-order valence-electron chi connectivity index (χ3n) is 3.41. The molecule has 0 heterocycles. The molecule has 1 rings (SSSR count). The molecule has 1 aromatic rings. The van der Waals surface area contributed by atoms with Crippen LogP contribution in [0.5, 0.6) is 11.5 Å². The van der Waals surface area contributed by atoms with E-state index in [0.29, 0.717) is 24.7 Å². The Bertz CT molecular complexity index is 513. The van der Waals surface area contributed by atoms with Crippen LogP contribution >= 0.6 is 0 Å². The maximum Gasteiger partial charge on any atom is 0.246 e. The van der Waals surface area contributed by atoms with Crippen molar-refractivity contribution in [3.8, 4) is 11.5 Å². The quantitative estimate of drug-likeness (QED) is 0.693. The summed E-state index contributed by atoms with van der Waals surface area (Å²) in [7, 11) is 4.82. The number of benzene rings is 1. The molecule has 0 spiro atoms. The van der Waals surface area contributed by atoms with Crippen LogP contribution in [-0.2, 0) is 9.53 Å². The fraction of sp³-hybridized carbons (Fsp3) is 0.471. The largest absolute Gasteiger partial charge is 0.497 e. The number of carbonyl (C=O) groups is 1. The number of hydrogen-bond donors (Lipinski definition) is 0. The maximum atomic E-state index is 12.3. The third kappa shape index (κ3) is 4.77. The van der Waals surface area contributed by atoms with E-state index < -0.39 is 0 Å². The zero-order valence-electron chi connectivity index (χ0n) is 14.0. The van der Waals surface area contributed by atoms with Gasteiger partial charge in [-0.1, -0.05) is 0 Å². The van der Waals surface area contributed by atoms with E-state index >= 15 is 0 Å². The van der Waals surface area contributed by atoms with Crippen LogP contribution in [0.3, 0.4) is 0 Å². The van der Waals surface area contributed by atoms with Gasteiger partial charge in [-0.2, -0.15) is 0 Å². The van der Waals surface area contributed by atoms with E-state index in [-0.39, 0.29) is 11.9 Å². The first-order chi connectivity index (χ1) is 10.6. The van der Waals surface area contributed by atoms with Crippen molar-refractivity contribution in [1.29, 1.82) is 0 Å². The van der Waals surface area contributed by atoms with Gasteiger partial charge in [-0.05, 0) is 32.1 Å². The first kappa shape index (κ1) is 18.0. The first-order valence-corrected chi connectivity index (χ1v) is 7.27. The van der Waals surface area contributed by atoms with E-state index in [2.05, 4.69) is 0 Å². The molecule has 122 valence electrons. The van der Waals surface area contributed by atoms with Crippen molar-refractivity contribution in [3.63, 3.8) is 0 Å². The van der Waals surface area contributed by atoms with Gasteiger partial charge in [-0.3, -0.25) is 4.79 Å². The first-order valence-electron chi connectivity index (χ1n) is 7.27. The lowest BCUT2D eigenvalue weighted by Crippen LogP contribution is -2.39. The molecule has 0 saturated heterocycles. The molecule has 0 aromatic heterocycles. The van der Waals surface area contributed by atoms with Crippen LogP contribution in [0.4, 0.5) is 0 Å². The van der Waals surface area contributed by atoms with Crippen molar-refractivity contribution in [2.45, 2.75) is 19.9 Å². The number of hydrogen-bond acceptors (Lipinski definition) is 4. The van der Waals surface area contributed by atoms with E-state index in [9.17, 15) is 4.79 Å². The average molecular weight is 307 g/mol. The minimum absolute atomic E-state index is 0.0323. The van der Waals surface area contributed by atoms with Crippen molar-refractivity contribution < 1.29 is 19.0 Å². The molecule has 22 heavy (non-hydrogen) atoms. The van der Waals surface area contributed by atoms with Crippen molar-refractivity contribution in [3.05, 3.63) is 29.8 Å². The molecule has 0 saturated carbocycles. The fourth-order valence-corrected chi connectivity index (χ4v) is 2.23. The molecule has 5 nitrogen and oxygen atoms in total. The summed E-state index contributed by atoms with van der Waals surface area (Å²) in [5.41, 5.74) is 0.826. The highest BCUT2D eigenvalue weighted by Gasteiger charge is 2.16. The van der Waals surface area contributed by atoms with Crippen molar-refractivity contribution >= 4 is 12.0 Å². The summed E-state index contributed by atoms with van der Waals surface area (Å²) in [5, 5.41) is 0. The second kappa shape index (κ2) is 9.10. The molecule has 5 heteroatoms. The van der Waals surface area contributed by atoms with Gasteiger partial charge in [0.25, 0.3) is 0 Å². The molecule has 0 fully saturated rings. The third-order valence-corrected chi connectivity index (χ3v) is 3.41. The van der Waals surface area contributed by atoms with Crippen LogP contribution in [-0.4, -0.2) is 51.3 Å². The molecule has 0 N–H and O–H groups in total. The van der Waals surface area contributed by atoms with Crippen LogP contribution in [0, 0.1) is 0 Å². The number of amides is 1. The predicted molar refractivity (Wildman–Crippen MR) is 87.3 cm³/mol. The number of nitrogens with zero attached hydrogens (tertiary/aromatic N) is 1. The summed E-state index contributed by atoms with van der Waals surface area (Å²) in [6.45, 7) is 5.06. The van der Waals surface area contributed by atoms with Crippen molar-refractivity contribution in [2.24, 2.45) is 0 Å². The number of carbonyl (C=O) groups excluding carboxylic acids is 1. The standard InChI is InChI=1S/C17H25NO4/c1-6-18(13(2)12-20-3)17(19)10-8-14-7-9-15(21-4)11-16(14)22-5/h7-11,13H,6,12H2,1-5H3/b10-8+. The minimum atomic E-state index is -0.0510. The van der Waals surface area contributed by atoms with E-state index in [1.165, 1.54) is 0 Å². The molecular weight excluding hydrogens is 282 g/mol. The van der Waals surface area contributed by atoms with Gasteiger partial charge in [0.15, 0.2) is 0 Å². The van der Waals surface area contributed by atoms with Gasteiger partial charge in [-0.25, -0.2) is 0 Å². The zero-order chi connectivity index (χ0) is 16.5. The van der Waals surface area contributed by atoms with Crippen molar-refractivity contribution in [1.82, 2.24) is 4.90 Å². The number of likely N-dealkylation sites (N-methyl/N-ethyl adjacent to an activating group) is 1. The summed E-state index contributed by atoms with van der Waals surface area (Å²) in [4.78, 5) is 14.1. The Kier molecular flexibility index (Phi) is 7.46. The second-order valence-electron chi connectivity index (χ2n) is 4.87. The smallest absolute Gasteiger partial charge is 0.246 e. The molecule has 0 radical (unpaired) electrons. The Morgan fingerprint density at radius 2 is 2.00 bits per heavy atom. The van der Waals surface area contributed by atoms with Crippen LogP contribution in [0.1, 0.15) is 19.4 Å². The topological polar surface area (TPSA) is 48.0 Å². The van der Waals surface area contributed by atoms with Gasteiger partial charge < -0.3 is 19.1 Å². The summed E-state index contributed by atoms with van der Waals surface area (Å²) in [6.07, 6.45) is 3.31. The Balaban J connectivity index is 2.88. The molecule has 1 amide bonds. The normalized spacial score (nSPS) is 12.2. The van der Waals surface area contributed by atoms with E-state index in [1.54, 1.807) is 44.4 Å². The van der Waals surface area contributed by atoms with Crippen molar-refractivity contribution in [2.75, 3.05) is 34.5 Å². The highest BCUT2D eigenvalue weighted by molar-refractivity contribution is 5.92. The number of rotatable bonds is 8. The molecule has 1 aromatic carbocycles. The molecule has 0 aliphatic carbocycles. The van der Waals surface area contributed by atoms with Crippen LogP contribution in [0.25, 0.3) is 6.08 Å². The molecule has 1 unspecified atom stereocenters. The SMILES string of the molecule is CCN(C(=O)/C=C/c1ccc(OC)cc1OC)C(C)COC. The van der Waals surface area contributed by atoms with E-state index in [0.717, 1.165) is 5.56 Å². The monoisotopic (exact) mass is 307 g/mol. The Labute approximate surface area is 132 Å². The summed E-state index contributed by atoms with van der Waals surface area (Å²) in [5.74, 6) is 1.32. The van der Waals surface area contributed by atoms with Crippen LogP contribution < -0.4 is 9.47 Å². The van der Waals surface area contributed by atoms with Gasteiger partial charge in [0, 0.05) is 31.4 Å².